The molecule has 0 heterocycles. The van der Waals surface area contributed by atoms with Crippen LogP contribution in [0.1, 0.15) is 5.56 Å². The van der Waals surface area contributed by atoms with Crippen LogP contribution in [-0.2, 0) is 9.59 Å². The van der Waals surface area contributed by atoms with E-state index in [0.29, 0.717) is 18.0 Å². The first-order chi connectivity index (χ1) is 13.0. The lowest BCUT2D eigenvalue weighted by atomic mass is 10.2. The van der Waals surface area contributed by atoms with E-state index in [1.54, 1.807) is 24.3 Å². The van der Waals surface area contributed by atoms with E-state index in [0.717, 1.165) is 5.56 Å². The molecule has 6 heteroatoms. The van der Waals surface area contributed by atoms with Crippen LogP contribution in [0.4, 0.5) is 10.1 Å². The largest absolute Gasteiger partial charge is 0.490 e. The molecule has 0 saturated carbocycles. The second kappa shape index (κ2) is 9.91. The number of hydrogen-bond acceptors (Lipinski definition) is 3. The first-order valence-electron chi connectivity index (χ1n) is 8.30. The molecule has 0 bridgehead atoms. The number of ether oxygens (including phenoxy) is 1. The second-order valence-electron chi connectivity index (χ2n) is 5.75. The van der Waals surface area contributed by atoms with E-state index in [4.69, 9.17) is 4.74 Å². The Morgan fingerprint density at radius 1 is 1.15 bits per heavy atom. The summed E-state index contributed by atoms with van der Waals surface area (Å²) in [5, 5.41) is 2.61. The molecule has 140 valence electrons. The van der Waals surface area contributed by atoms with Gasteiger partial charge in [0, 0.05) is 18.8 Å². The molecule has 0 saturated heterocycles. The lowest BCUT2D eigenvalue weighted by molar-refractivity contribution is -0.129. The van der Waals surface area contributed by atoms with Gasteiger partial charge in [-0.05, 0) is 48.0 Å². The summed E-state index contributed by atoms with van der Waals surface area (Å²) < 4.78 is 18.2. The maximum absolute atomic E-state index is 12.9. The maximum atomic E-state index is 12.9. The monoisotopic (exact) mass is 368 g/mol. The third-order valence-electron chi connectivity index (χ3n) is 3.55. The van der Waals surface area contributed by atoms with Crippen molar-refractivity contribution in [3.05, 3.63) is 78.6 Å². The standard InChI is InChI=1S/C21H21FN2O3/c1-3-14-27-19-11-4-16(5-12-19)6-13-21(26)24(2)15-20(25)23-18-9-7-17(22)8-10-18/h3-13H,1,14-15H2,2H3,(H,23,25)/b13-6+. The molecule has 0 atom stereocenters. The van der Waals surface area contributed by atoms with Crippen molar-refractivity contribution in [3.63, 3.8) is 0 Å². The Bertz CT molecular complexity index is 814. The molecule has 0 aliphatic heterocycles. The average Bonchev–Trinajstić information content (AvgIpc) is 2.67. The molecular weight excluding hydrogens is 347 g/mol. The lowest BCUT2D eigenvalue weighted by Gasteiger charge is -2.14. The molecule has 0 spiro atoms. The summed E-state index contributed by atoms with van der Waals surface area (Å²) >= 11 is 0. The Kier molecular flexibility index (Phi) is 7.31. The van der Waals surface area contributed by atoms with Crippen molar-refractivity contribution < 1.29 is 18.7 Å². The van der Waals surface area contributed by atoms with Gasteiger partial charge in [0.1, 0.15) is 18.2 Å². The predicted molar refractivity (Wildman–Crippen MR) is 104 cm³/mol. The van der Waals surface area contributed by atoms with Gasteiger partial charge in [0.25, 0.3) is 0 Å². The lowest BCUT2D eigenvalue weighted by Crippen LogP contribution is -2.33. The van der Waals surface area contributed by atoms with Crippen molar-refractivity contribution in [1.29, 1.82) is 0 Å². The zero-order chi connectivity index (χ0) is 19.6. The number of carbonyl (C=O) groups excluding carboxylic acids is 2. The van der Waals surface area contributed by atoms with Crippen LogP contribution in [0.25, 0.3) is 6.08 Å². The van der Waals surface area contributed by atoms with E-state index >= 15 is 0 Å². The van der Waals surface area contributed by atoms with Gasteiger partial charge in [-0.15, -0.1) is 0 Å². The molecule has 5 nitrogen and oxygen atoms in total. The second-order valence-corrected chi connectivity index (χ2v) is 5.75. The van der Waals surface area contributed by atoms with Gasteiger partial charge in [0.2, 0.25) is 11.8 Å². The number of hydrogen-bond donors (Lipinski definition) is 1. The summed E-state index contributed by atoms with van der Waals surface area (Å²) in [6.45, 7) is 3.90. The highest BCUT2D eigenvalue weighted by Crippen LogP contribution is 2.13. The number of nitrogens with zero attached hydrogens (tertiary/aromatic N) is 1. The average molecular weight is 368 g/mol. The summed E-state index contributed by atoms with van der Waals surface area (Å²) in [6.07, 6.45) is 4.72. The molecule has 2 amide bonds. The molecule has 1 N–H and O–H groups in total. The highest BCUT2D eigenvalue weighted by Gasteiger charge is 2.10. The van der Waals surface area contributed by atoms with E-state index in [1.165, 1.54) is 42.3 Å². The first-order valence-corrected chi connectivity index (χ1v) is 8.30. The van der Waals surface area contributed by atoms with Crippen LogP contribution >= 0.6 is 0 Å². The van der Waals surface area contributed by atoms with Crippen LogP contribution in [0.5, 0.6) is 5.75 Å². The van der Waals surface area contributed by atoms with Gasteiger partial charge >= 0.3 is 0 Å². The third-order valence-corrected chi connectivity index (χ3v) is 3.55. The molecule has 0 radical (unpaired) electrons. The van der Waals surface area contributed by atoms with Crippen LogP contribution in [0.3, 0.4) is 0 Å². The van der Waals surface area contributed by atoms with Crippen LogP contribution in [0.2, 0.25) is 0 Å². The van der Waals surface area contributed by atoms with Crippen LogP contribution in [0, 0.1) is 5.82 Å². The van der Waals surface area contributed by atoms with Crippen molar-refractivity contribution in [3.8, 4) is 5.75 Å². The van der Waals surface area contributed by atoms with Crippen LogP contribution < -0.4 is 10.1 Å². The number of nitrogens with one attached hydrogen (secondary N) is 1. The van der Waals surface area contributed by atoms with Gasteiger partial charge in [-0.25, -0.2) is 4.39 Å². The van der Waals surface area contributed by atoms with E-state index in [9.17, 15) is 14.0 Å². The molecule has 2 rings (SSSR count). The number of rotatable bonds is 8. The topological polar surface area (TPSA) is 58.6 Å². The van der Waals surface area contributed by atoms with Gasteiger partial charge < -0.3 is 15.0 Å². The number of likely N-dealkylation sites (N-methyl/N-ethyl adjacent to an activating group) is 1. The Balaban J connectivity index is 1.85. The minimum absolute atomic E-state index is 0.116. The predicted octanol–water partition coefficient (Wildman–Crippen LogP) is 3.50. The maximum Gasteiger partial charge on any atom is 0.246 e. The molecule has 0 fully saturated rings. The summed E-state index contributed by atoms with van der Waals surface area (Å²) in [5.41, 5.74) is 1.30. The Labute approximate surface area is 157 Å². The van der Waals surface area contributed by atoms with Crippen molar-refractivity contribution >= 4 is 23.6 Å². The fourth-order valence-corrected chi connectivity index (χ4v) is 2.15. The summed E-state index contributed by atoms with van der Waals surface area (Å²) in [6, 6.07) is 12.7. The van der Waals surface area contributed by atoms with E-state index in [1.807, 2.05) is 12.1 Å². The van der Waals surface area contributed by atoms with E-state index in [2.05, 4.69) is 11.9 Å². The zero-order valence-corrected chi connectivity index (χ0v) is 15.0. The van der Waals surface area contributed by atoms with Gasteiger partial charge in [-0.2, -0.15) is 0 Å². The first kappa shape index (κ1) is 19.9. The Morgan fingerprint density at radius 3 is 2.44 bits per heavy atom. The molecule has 27 heavy (non-hydrogen) atoms. The molecule has 0 unspecified atom stereocenters. The highest BCUT2D eigenvalue weighted by atomic mass is 19.1. The minimum atomic E-state index is -0.384. The SMILES string of the molecule is C=CCOc1ccc(/C=C/C(=O)N(C)CC(=O)Nc2ccc(F)cc2)cc1. The van der Waals surface area contributed by atoms with Crippen molar-refractivity contribution in [2.75, 3.05) is 25.5 Å². The van der Waals surface area contributed by atoms with Gasteiger partial charge in [-0.1, -0.05) is 24.8 Å². The quantitative estimate of drug-likeness (QED) is 0.573. The normalized spacial score (nSPS) is 10.4. The van der Waals surface area contributed by atoms with Crippen LogP contribution in [-0.4, -0.2) is 36.9 Å². The molecule has 0 aliphatic rings. The van der Waals surface area contributed by atoms with E-state index < -0.39 is 0 Å². The molecule has 0 aromatic heterocycles. The summed E-state index contributed by atoms with van der Waals surface area (Å²) in [5.74, 6) is -0.343. The van der Waals surface area contributed by atoms with Gasteiger partial charge in [0.15, 0.2) is 0 Å². The Hall–Kier alpha value is -3.41. The van der Waals surface area contributed by atoms with Gasteiger partial charge in [-0.3, -0.25) is 9.59 Å². The minimum Gasteiger partial charge on any atom is -0.490 e. The number of carbonyl (C=O) groups is 2. The van der Waals surface area contributed by atoms with E-state index in [-0.39, 0.29) is 24.2 Å². The van der Waals surface area contributed by atoms with Gasteiger partial charge in [0.05, 0.1) is 6.54 Å². The van der Waals surface area contributed by atoms with Crippen LogP contribution in [0.15, 0.2) is 67.3 Å². The third kappa shape index (κ3) is 6.78. The number of benzene rings is 2. The smallest absolute Gasteiger partial charge is 0.246 e. The zero-order valence-electron chi connectivity index (χ0n) is 15.0. The molecule has 0 aliphatic carbocycles. The fraction of sp³-hybridized carbons (Fsp3) is 0.143. The van der Waals surface area contributed by atoms with Crippen molar-refractivity contribution in [2.24, 2.45) is 0 Å². The Morgan fingerprint density at radius 2 is 1.81 bits per heavy atom. The number of halogens is 1. The molecule has 2 aromatic rings. The van der Waals surface area contributed by atoms with Crippen molar-refractivity contribution in [2.45, 2.75) is 0 Å². The molecule has 2 aromatic carbocycles. The fourth-order valence-electron chi connectivity index (χ4n) is 2.15. The number of amides is 2. The molecular formula is C21H21FN2O3. The summed E-state index contributed by atoms with van der Waals surface area (Å²) in [7, 11) is 1.53. The summed E-state index contributed by atoms with van der Waals surface area (Å²) in [4.78, 5) is 25.4. The van der Waals surface area contributed by atoms with Crippen molar-refractivity contribution in [1.82, 2.24) is 4.90 Å². The number of anilines is 1. The highest BCUT2D eigenvalue weighted by molar-refractivity contribution is 5.97.